The van der Waals surface area contributed by atoms with E-state index in [0.29, 0.717) is 31.2 Å². The molecule has 5 N–H and O–H groups in total. The van der Waals surface area contributed by atoms with Crippen molar-refractivity contribution < 1.29 is 53.9 Å². The van der Waals surface area contributed by atoms with Gasteiger partial charge in [-0.25, -0.2) is 5.43 Å². The Hall–Kier alpha value is -4.92. The number of unbranched alkanes of at least 4 members (excludes halogenated alkanes) is 2. The number of phenolic OH excluding ortho intramolecular Hbond substituents is 2. The van der Waals surface area contributed by atoms with Gasteiger partial charge in [-0.3, -0.25) is 28.9 Å². The van der Waals surface area contributed by atoms with Gasteiger partial charge in [-0.15, -0.1) is 0 Å². The summed E-state index contributed by atoms with van der Waals surface area (Å²) in [5.74, 6) is -3.25. The first-order chi connectivity index (χ1) is 24.1. The minimum Gasteiger partial charge on any atom is -0.507 e. The van der Waals surface area contributed by atoms with E-state index >= 15 is 0 Å². The maximum atomic E-state index is 13.4. The molecule has 1 saturated heterocycles. The monoisotopic (exact) mass is 691 g/mol. The molecule has 50 heavy (non-hydrogen) atoms. The number of phenols is 2. The predicted molar refractivity (Wildman–Crippen MR) is 178 cm³/mol. The van der Waals surface area contributed by atoms with E-state index in [1.54, 1.807) is 12.1 Å². The third-order valence-corrected chi connectivity index (χ3v) is 9.32. The number of hydrogen-bond donors (Lipinski definition) is 5. The van der Waals surface area contributed by atoms with Crippen molar-refractivity contribution in [3.8, 4) is 17.2 Å². The van der Waals surface area contributed by atoms with E-state index in [1.165, 1.54) is 25.3 Å². The summed E-state index contributed by atoms with van der Waals surface area (Å²) in [5, 5.41) is 45.2. The van der Waals surface area contributed by atoms with Gasteiger partial charge in [-0.05, 0) is 57.4 Å². The standard InChI is InChI=1S/C31H31N3O9.C5H10O2/c1-43-21-7-5-6-18-25(21)31(42)27-26(29(18)40)30(41)19-14-16(9-10-17(19)28(27)39)20(15-35)32-33-22(36)8-3-2-4-13-34-23(37)11-12-24(34)38;6-5-3-1-2-4-7-5/h5-7,11-12,16,35,39,41H,2-4,8-10,13-15H2,1H3,(H,33,36);5-6H,1-4H2/b32-20+;. The van der Waals surface area contributed by atoms with Crippen LogP contribution in [0.5, 0.6) is 17.2 Å². The molecule has 1 fully saturated rings. The first-order valence-electron chi connectivity index (χ1n) is 16.7. The maximum Gasteiger partial charge on any atom is 0.253 e. The van der Waals surface area contributed by atoms with Crippen LogP contribution in [0.25, 0.3) is 0 Å². The number of hydrogen-bond acceptors (Lipinski definition) is 12. The summed E-state index contributed by atoms with van der Waals surface area (Å²) in [6.07, 6.45) is 7.63. The zero-order valence-corrected chi connectivity index (χ0v) is 27.8. The van der Waals surface area contributed by atoms with E-state index in [-0.39, 0.29) is 88.6 Å². The van der Waals surface area contributed by atoms with E-state index in [1.807, 2.05) is 0 Å². The van der Waals surface area contributed by atoms with E-state index < -0.39 is 36.1 Å². The minimum absolute atomic E-state index is 0.0328. The summed E-state index contributed by atoms with van der Waals surface area (Å²) in [6.45, 7) is 0.559. The van der Waals surface area contributed by atoms with Crippen LogP contribution < -0.4 is 10.2 Å². The normalized spacial score (nSPS) is 19.7. The number of imide groups is 1. The summed E-state index contributed by atoms with van der Waals surface area (Å²) in [7, 11) is 1.37. The molecule has 6 rings (SSSR count). The van der Waals surface area contributed by atoms with Crippen molar-refractivity contribution in [2.24, 2.45) is 11.0 Å². The number of amides is 3. The number of ether oxygens (including phenoxy) is 2. The molecule has 266 valence electrons. The third-order valence-electron chi connectivity index (χ3n) is 9.32. The molecule has 0 radical (unpaired) electrons. The summed E-state index contributed by atoms with van der Waals surface area (Å²) in [6, 6.07) is 4.57. The molecule has 2 atom stereocenters. The van der Waals surface area contributed by atoms with Gasteiger partial charge < -0.3 is 29.9 Å². The molecule has 0 bridgehead atoms. The first-order valence-corrected chi connectivity index (χ1v) is 16.7. The van der Waals surface area contributed by atoms with Crippen molar-refractivity contribution in [1.82, 2.24) is 10.3 Å². The molecular weight excluding hydrogens is 650 g/mol. The Morgan fingerprint density at radius 3 is 2.32 bits per heavy atom. The number of hydrazone groups is 1. The Bertz CT molecular complexity index is 1720. The quantitative estimate of drug-likeness (QED) is 0.0685. The Morgan fingerprint density at radius 1 is 0.960 bits per heavy atom. The van der Waals surface area contributed by atoms with Crippen LogP contribution in [0.3, 0.4) is 0 Å². The van der Waals surface area contributed by atoms with Crippen LogP contribution in [-0.2, 0) is 32.0 Å². The molecule has 2 aromatic rings. The number of fused-ring (bicyclic) bond motifs is 3. The molecule has 0 aromatic heterocycles. The van der Waals surface area contributed by atoms with Crippen LogP contribution in [0.15, 0.2) is 35.5 Å². The van der Waals surface area contributed by atoms with Gasteiger partial charge >= 0.3 is 0 Å². The largest absolute Gasteiger partial charge is 0.507 e. The number of aliphatic hydroxyl groups is 2. The number of rotatable bonds is 10. The molecule has 2 aromatic carbocycles. The molecule has 3 amide bonds. The van der Waals surface area contributed by atoms with Crippen LogP contribution in [0.1, 0.15) is 94.3 Å². The number of nitrogens with one attached hydrogen (secondary N) is 1. The average molecular weight is 692 g/mol. The number of ketones is 2. The number of methoxy groups -OCH3 is 1. The van der Waals surface area contributed by atoms with Crippen LogP contribution in [-0.4, -0.2) is 93.5 Å². The van der Waals surface area contributed by atoms with Gasteiger partial charge in [-0.2, -0.15) is 5.10 Å². The summed E-state index contributed by atoms with van der Waals surface area (Å²) < 4.78 is 10.1. The molecule has 0 saturated carbocycles. The SMILES string of the molecule is COc1cccc2c1C(=O)c1c(O)c3c(c(O)c1C2=O)CC(/C(CO)=N/NC(=O)CCCCCN1C(=O)C=CC1=O)CC3.OC1CCCCO1. The minimum atomic E-state index is -0.616. The molecule has 2 heterocycles. The number of carbonyl (C=O) groups is 5. The fourth-order valence-electron chi connectivity index (χ4n) is 6.64. The van der Waals surface area contributed by atoms with Gasteiger partial charge in [0.05, 0.1) is 36.1 Å². The maximum absolute atomic E-state index is 13.4. The Labute approximate surface area is 288 Å². The van der Waals surface area contributed by atoms with Gasteiger partial charge in [0.2, 0.25) is 11.7 Å². The highest BCUT2D eigenvalue weighted by Crippen LogP contribution is 2.47. The molecule has 0 spiro atoms. The summed E-state index contributed by atoms with van der Waals surface area (Å²) in [5.41, 5.74) is 2.93. The second-order valence-electron chi connectivity index (χ2n) is 12.5. The number of aromatic hydroxyl groups is 2. The first kappa shape index (κ1) is 36.4. The van der Waals surface area contributed by atoms with Crippen molar-refractivity contribution in [3.63, 3.8) is 0 Å². The summed E-state index contributed by atoms with van der Waals surface area (Å²) >= 11 is 0. The zero-order valence-electron chi connectivity index (χ0n) is 27.8. The van der Waals surface area contributed by atoms with Gasteiger partial charge in [0.15, 0.2) is 12.1 Å². The van der Waals surface area contributed by atoms with Gasteiger partial charge in [0.1, 0.15) is 17.2 Å². The third kappa shape index (κ3) is 7.62. The van der Waals surface area contributed by atoms with Crippen LogP contribution >= 0.6 is 0 Å². The molecule has 14 nitrogen and oxygen atoms in total. The predicted octanol–water partition coefficient (Wildman–Crippen LogP) is 2.44. The van der Waals surface area contributed by atoms with Crippen LogP contribution in [0.2, 0.25) is 0 Å². The molecule has 2 aliphatic heterocycles. The van der Waals surface area contributed by atoms with Crippen molar-refractivity contribution in [1.29, 1.82) is 0 Å². The van der Waals surface area contributed by atoms with Gasteiger partial charge in [0.25, 0.3) is 11.8 Å². The highest BCUT2D eigenvalue weighted by Gasteiger charge is 2.41. The van der Waals surface area contributed by atoms with Crippen LogP contribution in [0.4, 0.5) is 0 Å². The van der Waals surface area contributed by atoms with Crippen LogP contribution in [0, 0.1) is 5.92 Å². The van der Waals surface area contributed by atoms with E-state index in [0.717, 1.165) is 30.8 Å². The lowest BCUT2D eigenvalue weighted by Gasteiger charge is -2.30. The Kier molecular flexibility index (Phi) is 11.8. The van der Waals surface area contributed by atoms with Crippen molar-refractivity contribution in [2.75, 3.05) is 26.9 Å². The lowest BCUT2D eigenvalue weighted by atomic mass is 9.74. The molecule has 14 heteroatoms. The van der Waals surface area contributed by atoms with Crippen molar-refractivity contribution in [3.05, 3.63) is 63.7 Å². The second-order valence-corrected chi connectivity index (χ2v) is 12.5. The molecular formula is C36H41N3O11. The van der Waals surface area contributed by atoms with E-state index in [2.05, 4.69) is 10.5 Å². The fraction of sp³-hybridized carbons (Fsp3) is 0.444. The van der Waals surface area contributed by atoms with E-state index in [9.17, 15) is 39.3 Å². The number of nitrogens with zero attached hydrogens (tertiary/aromatic N) is 2. The zero-order chi connectivity index (χ0) is 35.9. The topological polar surface area (TPSA) is 212 Å². The highest BCUT2D eigenvalue weighted by atomic mass is 16.6. The average Bonchev–Trinajstić information content (AvgIpc) is 3.44. The lowest BCUT2D eigenvalue weighted by Crippen LogP contribution is -2.31. The molecule has 4 aliphatic rings. The smallest absolute Gasteiger partial charge is 0.253 e. The highest BCUT2D eigenvalue weighted by molar-refractivity contribution is 6.31. The van der Waals surface area contributed by atoms with Gasteiger partial charge in [0, 0.05) is 54.3 Å². The fourth-order valence-corrected chi connectivity index (χ4v) is 6.64. The van der Waals surface area contributed by atoms with Crippen molar-refractivity contribution >= 4 is 35.0 Å². The Balaban J connectivity index is 0.000000619. The molecule has 2 unspecified atom stereocenters. The van der Waals surface area contributed by atoms with E-state index in [4.69, 9.17) is 14.6 Å². The number of benzene rings is 2. The number of aliphatic hydroxyl groups excluding tert-OH is 2. The lowest BCUT2D eigenvalue weighted by molar-refractivity contribution is -0.137. The van der Waals surface area contributed by atoms with Crippen molar-refractivity contribution in [2.45, 2.75) is 70.5 Å². The molecule has 2 aliphatic carbocycles. The second kappa shape index (κ2) is 16.2. The Morgan fingerprint density at radius 2 is 1.68 bits per heavy atom. The summed E-state index contributed by atoms with van der Waals surface area (Å²) in [4.78, 5) is 63.5. The number of carbonyl (C=O) groups excluding carboxylic acids is 5. The van der Waals surface area contributed by atoms with Gasteiger partial charge in [-0.1, -0.05) is 18.6 Å².